The van der Waals surface area contributed by atoms with Crippen molar-refractivity contribution in [3.63, 3.8) is 0 Å². The van der Waals surface area contributed by atoms with Crippen molar-refractivity contribution in [3.8, 4) is 0 Å². The second-order valence-electron chi connectivity index (χ2n) is 6.02. The van der Waals surface area contributed by atoms with Crippen LogP contribution in [0.25, 0.3) is 0 Å². The minimum absolute atomic E-state index is 0.0751. The quantitative estimate of drug-likeness (QED) is 0.518. The SMILES string of the molecule is CC1=CC(=CC2=C(O)C(=CC3=CC(C)=[Se]C(C)=C3)C2=O)C=C(C)[Se]1. The number of Topliss-reactive ketones (excluding diaryl/α,β-unsaturated/α-hetero) is 1. The molecule has 0 bridgehead atoms. The number of carbonyl (C=O) groups excluding carboxylic acids is 1. The van der Waals surface area contributed by atoms with Crippen molar-refractivity contribution >= 4 is 39.7 Å². The van der Waals surface area contributed by atoms with Gasteiger partial charge in [0.05, 0.1) is 0 Å². The summed E-state index contributed by atoms with van der Waals surface area (Å²) in [6, 6.07) is 0. The molecule has 4 heteroatoms. The normalized spacial score (nSPS) is 22.5. The maximum absolute atomic E-state index is 12.4. The van der Waals surface area contributed by atoms with Crippen LogP contribution < -0.4 is 0 Å². The summed E-state index contributed by atoms with van der Waals surface area (Å²) in [4.78, 5) is 12.4. The average molecular weight is 449 g/mol. The Morgan fingerprint density at radius 1 is 0.917 bits per heavy atom. The Kier molecular flexibility index (Phi) is 4.94. The molecule has 0 amide bonds. The van der Waals surface area contributed by atoms with Gasteiger partial charge in [-0.05, 0) is 0 Å². The zero-order valence-corrected chi connectivity index (χ0v) is 17.6. The molecule has 1 aliphatic carbocycles. The van der Waals surface area contributed by atoms with Gasteiger partial charge in [-0.25, -0.2) is 0 Å². The molecule has 1 N–H and O–H groups in total. The van der Waals surface area contributed by atoms with Gasteiger partial charge >= 0.3 is 155 Å². The molecule has 2 nitrogen and oxygen atoms in total. The number of hydrogen-bond acceptors (Lipinski definition) is 2. The number of allylic oxidation sites excluding steroid dienone is 13. The average Bonchev–Trinajstić information content (AvgIpc) is 2.48. The second-order valence-corrected chi connectivity index (χ2v) is 12.3. The first-order chi connectivity index (χ1) is 11.3. The predicted octanol–water partition coefficient (Wildman–Crippen LogP) is 3.50. The number of carbonyl (C=O) groups is 1. The number of aliphatic hydroxyl groups is 1. The molecule has 24 heavy (non-hydrogen) atoms. The second kappa shape index (κ2) is 6.82. The van der Waals surface area contributed by atoms with Crippen molar-refractivity contribution in [1.29, 1.82) is 0 Å². The third-order valence-corrected chi connectivity index (χ3v) is 7.44. The van der Waals surface area contributed by atoms with E-state index in [4.69, 9.17) is 0 Å². The van der Waals surface area contributed by atoms with E-state index in [0.29, 0.717) is 40.6 Å². The fourth-order valence-corrected chi connectivity index (χ4v) is 6.63. The molecule has 2 aliphatic heterocycles. The Labute approximate surface area is 155 Å². The monoisotopic (exact) mass is 451 g/mol. The van der Waals surface area contributed by atoms with Crippen molar-refractivity contribution in [3.05, 3.63) is 77.9 Å². The van der Waals surface area contributed by atoms with Gasteiger partial charge in [0.25, 0.3) is 0 Å². The van der Waals surface area contributed by atoms with Crippen LogP contribution in [0.4, 0.5) is 0 Å². The summed E-state index contributed by atoms with van der Waals surface area (Å²) in [5.41, 5.74) is 2.82. The molecule has 2 heterocycles. The molecule has 3 rings (SSSR count). The van der Waals surface area contributed by atoms with E-state index in [9.17, 15) is 9.90 Å². The van der Waals surface area contributed by atoms with E-state index in [0.717, 1.165) is 11.1 Å². The fraction of sp³-hybridized carbons (Fsp3) is 0.200. The molecule has 0 aromatic carbocycles. The fourth-order valence-electron chi connectivity index (χ4n) is 2.86. The van der Waals surface area contributed by atoms with Crippen LogP contribution in [-0.4, -0.2) is 44.8 Å². The summed E-state index contributed by atoms with van der Waals surface area (Å²) in [5, 5.41) is 10.3. The van der Waals surface area contributed by atoms with Crippen LogP contribution in [-0.2, 0) is 4.79 Å². The first-order valence-corrected chi connectivity index (χ1v) is 11.1. The molecule has 0 atom stereocenters. The minimum atomic E-state index is -0.0751. The van der Waals surface area contributed by atoms with Crippen LogP contribution in [0.2, 0.25) is 0 Å². The molecule has 0 aromatic rings. The van der Waals surface area contributed by atoms with Crippen molar-refractivity contribution in [2.24, 2.45) is 0 Å². The Balaban J connectivity index is 1.92. The van der Waals surface area contributed by atoms with E-state index in [1.54, 1.807) is 12.2 Å². The number of ketones is 1. The summed E-state index contributed by atoms with van der Waals surface area (Å²) in [5.74, 6) is 0.0373. The predicted molar refractivity (Wildman–Crippen MR) is 102 cm³/mol. The van der Waals surface area contributed by atoms with E-state index in [-0.39, 0.29) is 11.5 Å². The van der Waals surface area contributed by atoms with Gasteiger partial charge in [0, 0.05) is 0 Å². The van der Waals surface area contributed by atoms with Crippen LogP contribution in [0.1, 0.15) is 27.7 Å². The van der Waals surface area contributed by atoms with Gasteiger partial charge in [0.1, 0.15) is 0 Å². The molecule has 0 saturated heterocycles. The van der Waals surface area contributed by atoms with Crippen molar-refractivity contribution in [2.75, 3.05) is 0 Å². The van der Waals surface area contributed by atoms with Crippen molar-refractivity contribution in [2.45, 2.75) is 27.7 Å². The number of rotatable bonds is 2. The number of aliphatic hydroxyl groups excluding tert-OH is 1. The summed E-state index contributed by atoms with van der Waals surface area (Å²) in [7, 11) is 0. The van der Waals surface area contributed by atoms with Crippen LogP contribution in [0.5, 0.6) is 0 Å². The van der Waals surface area contributed by atoms with Gasteiger partial charge in [-0.15, -0.1) is 0 Å². The Hall–Kier alpha value is -1.44. The standard InChI is InChI=1S/C20H19O2Se2/c1-11-5-15(6-12(2)23-11)9-17-19(21)18(20(17)22)10-16-7-13(3)24-14(4)8-16/h5-10,21H,1-4H3. The van der Waals surface area contributed by atoms with Gasteiger partial charge in [-0.3, -0.25) is 0 Å². The molecule has 0 aromatic heterocycles. The van der Waals surface area contributed by atoms with E-state index >= 15 is 0 Å². The maximum atomic E-state index is 12.4. The van der Waals surface area contributed by atoms with E-state index in [1.165, 1.54) is 17.8 Å². The molecule has 0 spiro atoms. The summed E-state index contributed by atoms with van der Waals surface area (Å²) >= 11 is 0.825. The summed E-state index contributed by atoms with van der Waals surface area (Å²) < 4.78 is 5.32. The Bertz CT molecular complexity index is 862. The number of hydrogen-bond donors (Lipinski definition) is 1. The summed E-state index contributed by atoms with van der Waals surface area (Å²) in [6.45, 7) is 8.43. The molecule has 0 fully saturated rings. The molecular weight excluding hydrogens is 430 g/mol. The summed E-state index contributed by atoms with van der Waals surface area (Å²) in [6.07, 6.45) is 12.0. The third-order valence-electron chi connectivity index (χ3n) is 3.75. The van der Waals surface area contributed by atoms with Crippen LogP contribution >= 0.6 is 0 Å². The van der Waals surface area contributed by atoms with Gasteiger partial charge in [0.15, 0.2) is 0 Å². The molecule has 1 radical (unpaired) electrons. The third kappa shape index (κ3) is 3.63. The topological polar surface area (TPSA) is 37.3 Å². The molecule has 3 aliphatic rings. The zero-order valence-electron chi connectivity index (χ0n) is 14.1. The van der Waals surface area contributed by atoms with Crippen LogP contribution in [0.15, 0.2) is 77.9 Å². The molecule has 123 valence electrons. The molecule has 0 unspecified atom stereocenters. The van der Waals surface area contributed by atoms with Crippen molar-refractivity contribution in [1.82, 2.24) is 0 Å². The van der Waals surface area contributed by atoms with E-state index in [1.807, 2.05) is 0 Å². The Morgan fingerprint density at radius 3 is 2.17 bits per heavy atom. The van der Waals surface area contributed by atoms with Gasteiger partial charge in [-0.2, -0.15) is 0 Å². The van der Waals surface area contributed by atoms with E-state index < -0.39 is 0 Å². The van der Waals surface area contributed by atoms with Gasteiger partial charge < -0.3 is 0 Å². The first-order valence-electron chi connectivity index (χ1n) is 7.71. The molecule has 0 saturated carbocycles. The first kappa shape index (κ1) is 17.4. The zero-order chi connectivity index (χ0) is 17.4. The molecular formula is C20H19O2Se2. The van der Waals surface area contributed by atoms with Gasteiger partial charge in [0.2, 0.25) is 0 Å². The van der Waals surface area contributed by atoms with Crippen LogP contribution in [0, 0.1) is 0 Å². The Morgan fingerprint density at radius 2 is 1.58 bits per heavy atom. The van der Waals surface area contributed by atoms with Gasteiger partial charge in [-0.1, -0.05) is 0 Å². The van der Waals surface area contributed by atoms with Crippen molar-refractivity contribution < 1.29 is 9.90 Å². The van der Waals surface area contributed by atoms with Crippen LogP contribution in [0.3, 0.4) is 0 Å². The van der Waals surface area contributed by atoms with E-state index in [2.05, 4.69) is 52.0 Å².